The molecule has 5 heteroatoms. The van der Waals surface area contributed by atoms with Gasteiger partial charge in [0.1, 0.15) is 0 Å². The average molecular weight is 209 g/mol. The summed E-state index contributed by atoms with van der Waals surface area (Å²) in [4.78, 5) is 17.2. The van der Waals surface area contributed by atoms with E-state index in [1.54, 1.807) is 25.4 Å². The van der Waals surface area contributed by atoms with Crippen LogP contribution in [0.4, 0.5) is 0 Å². The van der Waals surface area contributed by atoms with Crippen LogP contribution < -0.4 is 5.73 Å². The van der Waals surface area contributed by atoms with Crippen LogP contribution in [0.1, 0.15) is 16.1 Å². The van der Waals surface area contributed by atoms with Gasteiger partial charge in [-0.2, -0.15) is 0 Å². The lowest BCUT2D eigenvalue weighted by Gasteiger charge is -2.15. The first-order valence-electron chi connectivity index (χ1n) is 4.70. The predicted molar refractivity (Wildman–Crippen MR) is 56.2 cm³/mol. The number of nitrogens with zero attached hydrogens (tertiary/aromatic N) is 2. The number of rotatable bonds is 4. The van der Waals surface area contributed by atoms with Crippen molar-refractivity contribution >= 4 is 5.91 Å². The maximum atomic E-state index is 11.7. The Morgan fingerprint density at radius 1 is 1.67 bits per heavy atom. The summed E-state index contributed by atoms with van der Waals surface area (Å²) < 4.78 is 0. The SMILES string of the molecule is CN(CCO)C(=O)c1ccnc(CN)c1. The molecule has 0 aromatic carbocycles. The fourth-order valence-corrected chi connectivity index (χ4v) is 1.19. The third-order valence-corrected chi connectivity index (χ3v) is 2.05. The molecule has 82 valence electrons. The molecule has 1 amide bonds. The van der Waals surface area contributed by atoms with E-state index in [0.717, 1.165) is 0 Å². The number of likely N-dealkylation sites (N-methyl/N-ethyl adjacent to an activating group) is 1. The van der Waals surface area contributed by atoms with E-state index in [9.17, 15) is 4.79 Å². The predicted octanol–water partition coefficient (Wildman–Crippen LogP) is -0.395. The average Bonchev–Trinajstić information content (AvgIpc) is 2.28. The maximum Gasteiger partial charge on any atom is 0.253 e. The lowest BCUT2D eigenvalue weighted by Crippen LogP contribution is -2.29. The van der Waals surface area contributed by atoms with Crippen molar-refractivity contribution in [1.29, 1.82) is 0 Å². The van der Waals surface area contributed by atoms with Gasteiger partial charge in [-0.15, -0.1) is 0 Å². The van der Waals surface area contributed by atoms with Gasteiger partial charge >= 0.3 is 0 Å². The van der Waals surface area contributed by atoms with E-state index in [1.165, 1.54) is 4.90 Å². The Morgan fingerprint density at radius 2 is 2.40 bits per heavy atom. The topological polar surface area (TPSA) is 79.5 Å². The fourth-order valence-electron chi connectivity index (χ4n) is 1.19. The molecule has 1 aromatic rings. The maximum absolute atomic E-state index is 11.7. The van der Waals surface area contributed by atoms with Crippen LogP contribution in [0.2, 0.25) is 0 Å². The minimum absolute atomic E-state index is 0.0446. The van der Waals surface area contributed by atoms with E-state index in [0.29, 0.717) is 24.3 Å². The third kappa shape index (κ3) is 3.00. The summed E-state index contributed by atoms with van der Waals surface area (Å²) in [5, 5.41) is 8.71. The highest BCUT2D eigenvalue weighted by atomic mass is 16.3. The number of nitrogens with two attached hydrogens (primary N) is 1. The van der Waals surface area contributed by atoms with E-state index in [4.69, 9.17) is 10.8 Å². The highest BCUT2D eigenvalue weighted by Crippen LogP contribution is 2.04. The lowest BCUT2D eigenvalue weighted by molar-refractivity contribution is 0.0766. The van der Waals surface area contributed by atoms with Crippen LogP contribution in [0.5, 0.6) is 0 Å². The van der Waals surface area contributed by atoms with Crippen LogP contribution in [0.3, 0.4) is 0 Å². The van der Waals surface area contributed by atoms with Crippen LogP contribution >= 0.6 is 0 Å². The van der Waals surface area contributed by atoms with Crippen molar-refractivity contribution in [3.63, 3.8) is 0 Å². The molecule has 0 aliphatic heterocycles. The molecule has 1 rings (SSSR count). The van der Waals surface area contributed by atoms with Gasteiger partial charge in [-0.25, -0.2) is 0 Å². The molecule has 3 N–H and O–H groups in total. The van der Waals surface area contributed by atoms with E-state index < -0.39 is 0 Å². The Balaban J connectivity index is 2.81. The monoisotopic (exact) mass is 209 g/mol. The molecule has 1 heterocycles. The summed E-state index contributed by atoms with van der Waals surface area (Å²) in [6.07, 6.45) is 1.56. The van der Waals surface area contributed by atoms with Crippen molar-refractivity contribution in [2.45, 2.75) is 6.54 Å². The van der Waals surface area contributed by atoms with Gasteiger partial charge in [0.15, 0.2) is 0 Å². The number of amides is 1. The van der Waals surface area contributed by atoms with Crippen LogP contribution in [0.25, 0.3) is 0 Å². The second-order valence-corrected chi connectivity index (χ2v) is 3.19. The Kier molecular flexibility index (Phi) is 4.20. The minimum atomic E-state index is -0.138. The van der Waals surface area contributed by atoms with Crippen LogP contribution in [-0.4, -0.2) is 41.1 Å². The van der Waals surface area contributed by atoms with E-state index in [-0.39, 0.29) is 12.5 Å². The molecule has 0 bridgehead atoms. The zero-order valence-corrected chi connectivity index (χ0v) is 8.68. The molecular weight excluding hydrogens is 194 g/mol. The molecule has 0 saturated heterocycles. The van der Waals surface area contributed by atoms with Crippen molar-refractivity contribution in [3.8, 4) is 0 Å². The van der Waals surface area contributed by atoms with E-state index in [2.05, 4.69) is 4.98 Å². The first-order chi connectivity index (χ1) is 7.19. The summed E-state index contributed by atoms with van der Waals surface area (Å²) >= 11 is 0. The number of aromatic nitrogens is 1. The number of hydrogen-bond donors (Lipinski definition) is 2. The number of carbonyl (C=O) groups excluding carboxylic acids is 1. The number of hydrogen-bond acceptors (Lipinski definition) is 4. The standard InChI is InChI=1S/C10H15N3O2/c1-13(4-5-14)10(15)8-2-3-12-9(6-8)7-11/h2-3,6,14H,4-5,7,11H2,1H3. The van der Waals surface area contributed by atoms with Gasteiger partial charge < -0.3 is 15.7 Å². The van der Waals surface area contributed by atoms with Gasteiger partial charge in [0.25, 0.3) is 5.91 Å². The fraction of sp³-hybridized carbons (Fsp3) is 0.400. The number of carbonyl (C=O) groups is 1. The zero-order valence-electron chi connectivity index (χ0n) is 8.68. The highest BCUT2D eigenvalue weighted by Gasteiger charge is 2.11. The molecule has 0 aliphatic carbocycles. The quantitative estimate of drug-likeness (QED) is 0.707. The second-order valence-electron chi connectivity index (χ2n) is 3.19. The number of pyridine rings is 1. The van der Waals surface area contributed by atoms with Gasteiger partial charge in [0.05, 0.1) is 12.3 Å². The highest BCUT2D eigenvalue weighted by molar-refractivity contribution is 5.94. The molecule has 15 heavy (non-hydrogen) atoms. The molecule has 0 radical (unpaired) electrons. The van der Waals surface area contributed by atoms with Gasteiger partial charge in [-0.1, -0.05) is 0 Å². The van der Waals surface area contributed by atoms with Crippen LogP contribution in [-0.2, 0) is 6.54 Å². The zero-order chi connectivity index (χ0) is 11.3. The van der Waals surface area contributed by atoms with Crippen molar-refractivity contribution in [2.75, 3.05) is 20.2 Å². The second kappa shape index (κ2) is 5.43. The third-order valence-electron chi connectivity index (χ3n) is 2.05. The molecule has 0 atom stereocenters. The molecule has 0 aliphatic rings. The number of aliphatic hydroxyl groups is 1. The minimum Gasteiger partial charge on any atom is -0.395 e. The summed E-state index contributed by atoms with van der Waals surface area (Å²) in [5.41, 5.74) is 6.65. The molecule has 5 nitrogen and oxygen atoms in total. The van der Waals surface area contributed by atoms with Crippen molar-refractivity contribution in [1.82, 2.24) is 9.88 Å². The van der Waals surface area contributed by atoms with Gasteiger partial charge in [-0.3, -0.25) is 9.78 Å². The van der Waals surface area contributed by atoms with Gasteiger partial charge in [-0.05, 0) is 12.1 Å². The van der Waals surface area contributed by atoms with Gasteiger partial charge in [0, 0.05) is 31.9 Å². The summed E-state index contributed by atoms with van der Waals surface area (Å²) in [6, 6.07) is 3.30. The lowest BCUT2D eigenvalue weighted by atomic mass is 10.2. The van der Waals surface area contributed by atoms with Crippen molar-refractivity contribution < 1.29 is 9.90 Å². The molecule has 0 spiro atoms. The van der Waals surface area contributed by atoms with E-state index in [1.807, 2.05) is 0 Å². The van der Waals surface area contributed by atoms with Gasteiger partial charge in [0.2, 0.25) is 0 Å². The molecule has 0 unspecified atom stereocenters. The Labute approximate surface area is 88.5 Å². The van der Waals surface area contributed by atoms with Crippen LogP contribution in [0, 0.1) is 0 Å². The smallest absolute Gasteiger partial charge is 0.253 e. The summed E-state index contributed by atoms with van der Waals surface area (Å²) in [7, 11) is 1.64. The summed E-state index contributed by atoms with van der Waals surface area (Å²) in [6.45, 7) is 0.584. The Morgan fingerprint density at radius 3 is 3.00 bits per heavy atom. The first kappa shape index (κ1) is 11.6. The summed E-state index contributed by atoms with van der Waals surface area (Å²) in [5.74, 6) is -0.138. The molecule has 0 saturated carbocycles. The molecular formula is C10H15N3O2. The first-order valence-corrected chi connectivity index (χ1v) is 4.70. The van der Waals surface area contributed by atoms with Crippen molar-refractivity contribution in [3.05, 3.63) is 29.6 Å². The normalized spacial score (nSPS) is 10.1. The Bertz CT molecular complexity index is 341. The molecule has 0 fully saturated rings. The Hall–Kier alpha value is -1.46. The van der Waals surface area contributed by atoms with Crippen LogP contribution in [0.15, 0.2) is 18.3 Å². The van der Waals surface area contributed by atoms with E-state index >= 15 is 0 Å². The molecule has 1 aromatic heterocycles. The number of aliphatic hydroxyl groups excluding tert-OH is 1. The largest absolute Gasteiger partial charge is 0.395 e. The van der Waals surface area contributed by atoms with Crippen molar-refractivity contribution in [2.24, 2.45) is 5.73 Å².